The fourth-order valence-corrected chi connectivity index (χ4v) is 2.39. The molecule has 1 aliphatic heterocycles. The van der Waals surface area contributed by atoms with Gasteiger partial charge in [-0.1, -0.05) is 12.1 Å². The lowest BCUT2D eigenvalue weighted by molar-refractivity contribution is -0.116. The van der Waals surface area contributed by atoms with Crippen molar-refractivity contribution in [3.05, 3.63) is 35.6 Å². The number of benzene rings is 1. The average molecular weight is 239 g/mol. The summed E-state index contributed by atoms with van der Waals surface area (Å²) in [5.41, 5.74) is -0.156. The van der Waals surface area contributed by atoms with E-state index in [-0.39, 0.29) is 11.7 Å². The highest BCUT2D eigenvalue weighted by molar-refractivity contribution is 5.24. The summed E-state index contributed by atoms with van der Waals surface area (Å²) in [7, 11) is 1.85. The third-order valence-electron chi connectivity index (χ3n) is 3.42. The zero-order valence-corrected chi connectivity index (χ0v) is 9.95. The second-order valence-corrected chi connectivity index (χ2v) is 4.51. The van der Waals surface area contributed by atoms with Crippen molar-refractivity contribution in [3.8, 4) is 0 Å². The largest absolute Gasteiger partial charge is 0.385 e. The van der Waals surface area contributed by atoms with Crippen LogP contribution in [-0.2, 0) is 10.3 Å². The Balaban J connectivity index is 2.27. The van der Waals surface area contributed by atoms with Crippen LogP contribution in [0.5, 0.6) is 0 Å². The molecule has 2 N–H and O–H groups in total. The zero-order valence-electron chi connectivity index (χ0n) is 9.95. The van der Waals surface area contributed by atoms with Gasteiger partial charge in [-0.25, -0.2) is 4.39 Å². The Morgan fingerprint density at radius 1 is 1.47 bits per heavy atom. The third-order valence-corrected chi connectivity index (χ3v) is 3.42. The number of hydrogen-bond acceptors (Lipinski definition) is 3. The molecule has 94 valence electrons. The maximum atomic E-state index is 12.9. The minimum Gasteiger partial charge on any atom is -0.385 e. The lowest BCUT2D eigenvalue weighted by atomic mass is 9.78. The van der Waals surface area contributed by atoms with E-state index in [1.807, 2.05) is 7.05 Å². The summed E-state index contributed by atoms with van der Waals surface area (Å²) >= 11 is 0. The Labute approximate surface area is 101 Å². The highest BCUT2D eigenvalue weighted by atomic mass is 19.1. The molecule has 0 bridgehead atoms. The van der Waals surface area contributed by atoms with E-state index in [0.717, 1.165) is 5.56 Å². The molecule has 3 nitrogen and oxygen atoms in total. The van der Waals surface area contributed by atoms with E-state index in [0.29, 0.717) is 26.2 Å². The summed E-state index contributed by atoms with van der Waals surface area (Å²) in [5, 5.41) is 13.8. The summed E-state index contributed by atoms with van der Waals surface area (Å²) in [6, 6.07) is 6.09. The number of nitrogens with one attached hydrogen (secondary N) is 1. The predicted octanol–water partition coefficient (Wildman–Crippen LogP) is 1.27. The molecule has 0 radical (unpaired) electrons. The van der Waals surface area contributed by atoms with E-state index < -0.39 is 5.60 Å². The molecule has 1 aliphatic rings. The van der Waals surface area contributed by atoms with Gasteiger partial charge in [0.05, 0.1) is 12.2 Å². The van der Waals surface area contributed by atoms with Crippen LogP contribution in [0, 0.1) is 11.7 Å². The van der Waals surface area contributed by atoms with E-state index in [9.17, 15) is 9.50 Å². The van der Waals surface area contributed by atoms with Crippen LogP contribution in [0.15, 0.2) is 24.3 Å². The van der Waals surface area contributed by atoms with Gasteiger partial charge in [-0.2, -0.15) is 0 Å². The molecule has 0 saturated carbocycles. The molecule has 1 saturated heterocycles. The first-order chi connectivity index (χ1) is 8.16. The van der Waals surface area contributed by atoms with Gasteiger partial charge >= 0.3 is 0 Å². The molecule has 2 rings (SSSR count). The molecule has 1 aromatic rings. The molecule has 2 unspecified atom stereocenters. The van der Waals surface area contributed by atoms with Crippen molar-refractivity contribution in [1.82, 2.24) is 5.32 Å². The van der Waals surface area contributed by atoms with Crippen LogP contribution >= 0.6 is 0 Å². The lowest BCUT2D eigenvalue weighted by Crippen LogP contribution is -2.47. The highest BCUT2D eigenvalue weighted by Gasteiger charge is 2.40. The van der Waals surface area contributed by atoms with Crippen molar-refractivity contribution >= 4 is 0 Å². The fraction of sp³-hybridized carbons (Fsp3) is 0.538. The Bertz CT molecular complexity index is 366. The van der Waals surface area contributed by atoms with Gasteiger partial charge in [-0.05, 0) is 24.7 Å². The van der Waals surface area contributed by atoms with Gasteiger partial charge in [0.15, 0.2) is 0 Å². The number of aliphatic hydroxyl groups is 1. The number of rotatable bonds is 3. The first-order valence-corrected chi connectivity index (χ1v) is 5.87. The summed E-state index contributed by atoms with van der Waals surface area (Å²) < 4.78 is 18.3. The summed E-state index contributed by atoms with van der Waals surface area (Å²) in [6.07, 6.45) is 0.547. The zero-order chi connectivity index (χ0) is 12.3. The topological polar surface area (TPSA) is 41.5 Å². The highest BCUT2D eigenvalue weighted by Crippen LogP contribution is 2.36. The van der Waals surface area contributed by atoms with Crippen LogP contribution in [0.1, 0.15) is 12.0 Å². The maximum absolute atomic E-state index is 12.9. The second-order valence-electron chi connectivity index (χ2n) is 4.51. The van der Waals surface area contributed by atoms with Gasteiger partial charge in [-0.15, -0.1) is 0 Å². The number of ether oxygens (including phenoxy) is 1. The van der Waals surface area contributed by atoms with Crippen LogP contribution in [0.2, 0.25) is 0 Å². The van der Waals surface area contributed by atoms with Crippen molar-refractivity contribution in [2.24, 2.45) is 5.92 Å². The molecule has 17 heavy (non-hydrogen) atoms. The molecule has 1 heterocycles. The summed E-state index contributed by atoms with van der Waals surface area (Å²) in [4.78, 5) is 0. The van der Waals surface area contributed by atoms with E-state index in [1.165, 1.54) is 12.1 Å². The van der Waals surface area contributed by atoms with Gasteiger partial charge in [0.25, 0.3) is 0 Å². The van der Waals surface area contributed by atoms with E-state index in [4.69, 9.17) is 4.74 Å². The van der Waals surface area contributed by atoms with Crippen molar-refractivity contribution in [1.29, 1.82) is 0 Å². The molecule has 0 aliphatic carbocycles. The van der Waals surface area contributed by atoms with Crippen LogP contribution < -0.4 is 5.32 Å². The van der Waals surface area contributed by atoms with E-state index >= 15 is 0 Å². The molecule has 2 atom stereocenters. The molecule has 4 heteroatoms. The monoisotopic (exact) mass is 239 g/mol. The second kappa shape index (κ2) is 5.12. The predicted molar refractivity (Wildman–Crippen MR) is 63.1 cm³/mol. The quantitative estimate of drug-likeness (QED) is 0.834. The maximum Gasteiger partial charge on any atom is 0.123 e. The van der Waals surface area contributed by atoms with E-state index in [2.05, 4.69) is 5.32 Å². The standard InChI is InChI=1S/C13H18FNO2/c1-15-8-11-9-17-7-6-13(11,16)10-2-4-12(14)5-3-10/h2-5,11,15-16H,6-9H2,1H3. The third kappa shape index (κ3) is 2.49. The van der Waals surface area contributed by atoms with Gasteiger partial charge < -0.3 is 15.2 Å². The average Bonchev–Trinajstić information content (AvgIpc) is 2.33. The van der Waals surface area contributed by atoms with Crippen LogP contribution in [0.25, 0.3) is 0 Å². The summed E-state index contributed by atoms with van der Waals surface area (Å²) in [6.45, 7) is 1.73. The Hall–Kier alpha value is -0.970. The Kier molecular flexibility index (Phi) is 3.76. The summed E-state index contributed by atoms with van der Waals surface area (Å²) in [5.74, 6) is -0.290. The molecule has 0 spiro atoms. The van der Waals surface area contributed by atoms with Gasteiger partial charge in [-0.3, -0.25) is 0 Å². The molecular formula is C13H18FNO2. The van der Waals surface area contributed by atoms with Crippen LogP contribution in [-0.4, -0.2) is 31.9 Å². The Morgan fingerprint density at radius 2 is 2.18 bits per heavy atom. The minimum atomic E-state index is -0.922. The van der Waals surface area contributed by atoms with Gasteiger partial charge in [0.1, 0.15) is 5.82 Å². The normalized spacial score (nSPS) is 29.2. The SMILES string of the molecule is CNCC1COCCC1(O)c1ccc(F)cc1. The molecule has 0 aromatic heterocycles. The van der Waals surface area contributed by atoms with Crippen molar-refractivity contribution < 1.29 is 14.2 Å². The Morgan fingerprint density at radius 3 is 2.82 bits per heavy atom. The smallest absolute Gasteiger partial charge is 0.123 e. The molecule has 0 amide bonds. The fourth-order valence-electron chi connectivity index (χ4n) is 2.39. The van der Waals surface area contributed by atoms with Gasteiger partial charge in [0, 0.05) is 25.5 Å². The van der Waals surface area contributed by atoms with E-state index in [1.54, 1.807) is 12.1 Å². The first-order valence-electron chi connectivity index (χ1n) is 5.87. The molecule has 1 fully saturated rings. The van der Waals surface area contributed by atoms with Crippen molar-refractivity contribution in [2.45, 2.75) is 12.0 Å². The van der Waals surface area contributed by atoms with Gasteiger partial charge in [0.2, 0.25) is 0 Å². The molecular weight excluding hydrogens is 221 g/mol. The van der Waals surface area contributed by atoms with Crippen molar-refractivity contribution in [2.75, 3.05) is 26.8 Å². The number of hydrogen-bond donors (Lipinski definition) is 2. The lowest BCUT2D eigenvalue weighted by Gasteiger charge is -2.40. The first kappa shape index (κ1) is 12.5. The molecule has 1 aromatic carbocycles. The van der Waals surface area contributed by atoms with Crippen LogP contribution in [0.3, 0.4) is 0 Å². The van der Waals surface area contributed by atoms with Crippen LogP contribution in [0.4, 0.5) is 4.39 Å². The van der Waals surface area contributed by atoms with Crippen molar-refractivity contribution in [3.63, 3.8) is 0 Å². The number of halogens is 1. The minimum absolute atomic E-state index is 0.00767.